The highest BCUT2D eigenvalue weighted by Gasteiger charge is 2.17. The second-order valence-corrected chi connectivity index (χ2v) is 6.74. The van der Waals surface area contributed by atoms with Crippen molar-refractivity contribution in [1.82, 2.24) is 25.0 Å². The summed E-state index contributed by atoms with van der Waals surface area (Å²) in [7, 11) is 0. The quantitative estimate of drug-likeness (QED) is 0.427. The summed E-state index contributed by atoms with van der Waals surface area (Å²) in [6.45, 7) is 1.85. The molecule has 8 nitrogen and oxygen atoms in total. The summed E-state index contributed by atoms with van der Waals surface area (Å²) in [5.41, 5.74) is 0.816. The number of rotatable bonds is 5. The van der Waals surface area contributed by atoms with Crippen molar-refractivity contribution in [1.29, 1.82) is 0 Å². The lowest BCUT2D eigenvalue weighted by molar-refractivity contribution is 0.426. The maximum Gasteiger partial charge on any atom is 0.268 e. The number of nitrogen functional groups attached to an aromatic ring is 1. The topological polar surface area (TPSA) is 109 Å². The van der Waals surface area contributed by atoms with Crippen LogP contribution in [0.5, 0.6) is 0 Å². The van der Waals surface area contributed by atoms with E-state index in [1.807, 2.05) is 30.5 Å². The molecule has 0 aromatic carbocycles. The van der Waals surface area contributed by atoms with Crippen molar-refractivity contribution in [3.05, 3.63) is 41.4 Å². The van der Waals surface area contributed by atoms with E-state index in [0.717, 1.165) is 16.2 Å². The smallest absolute Gasteiger partial charge is 0.268 e. The third-order valence-corrected chi connectivity index (χ3v) is 5.09. The number of hydrogen-bond donors (Lipinski definition) is 1. The molecular formula is C14H12N6O2S2. The number of aryl methyl sites for hydroxylation is 1. The molecule has 0 saturated carbocycles. The van der Waals surface area contributed by atoms with Crippen molar-refractivity contribution < 1.29 is 8.94 Å². The van der Waals surface area contributed by atoms with Gasteiger partial charge in [0.15, 0.2) is 11.6 Å². The van der Waals surface area contributed by atoms with Crippen LogP contribution in [-0.4, -0.2) is 25.0 Å². The Balaban J connectivity index is 1.49. The van der Waals surface area contributed by atoms with Crippen LogP contribution in [0.4, 0.5) is 0 Å². The molecule has 0 atom stereocenters. The van der Waals surface area contributed by atoms with Crippen molar-refractivity contribution in [3.8, 4) is 22.2 Å². The van der Waals surface area contributed by atoms with Gasteiger partial charge in [-0.2, -0.15) is 4.98 Å². The van der Waals surface area contributed by atoms with E-state index in [2.05, 4.69) is 20.3 Å². The van der Waals surface area contributed by atoms with E-state index in [-0.39, 0.29) is 0 Å². The van der Waals surface area contributed by atoms with Gasteiger partial charge >= 0.3 is 0 Å². The molecule has 0 aliphatic heterocycles. The fraction of sp³-hybridized carbons (Fsp3) is 0.143. The first-order valence-electron chi connectivity index (χ1n) is 6.96. The van der Waals surface area contributed by atoms with Crippen LogP contribution in [0.3, 0.4) is 0 Å². The lowest BCUT2D eigenvalue weighted by atomic mass is 10.2. The second-order valence-electron chi connectivity index (χ2n) is 4.85. The molecule has 4 aromatic rings. The molecular weight excluding hydrogens is 348 g/mol. The average Bonchev–Trinajstić information content (AvgIpc) is 3.33. The van der Waals surface area contributed by atoms with Crippen LogP contribution in [0.2, 0.25) is 0 Å². The van der Waals surface area contributed by atoms with Crippen LogP contribution in [0, 0.1) is 6.92 Å². The zero-order valence-corrected chi connectivity index (χ0v) is 14.2. The molecule has 2 N–H and O–H groups in total. The Morgan fingerprint density at radius 1 is 1.33 bits per heavy atom. The van der Waals surface area contributed by atoms with Gasteiger partial charge in [0.05, 0.1) is 22.5 Å². The molecule has 24 heavy (non-hydrogen) atoms. The fourth-order valence-electron chi connectivity index (χ4n) is 2.12. The molecule has 0 spiro atoms. The monoisotopic (exact) mass is 360 g/mol. The van der Waals surface area contributed by atoms with Gasteiger partial charge in [-0.05, 0) is 24.4 Å². The lowest BCUT2D eigenvalue weighted by Gasteiger charge is -2.01. The van der Waals surface area contributed by atoms with Gasteiger partial charge in [0, 0.05) is 0 Å². The summed E-state index contributed by atoms with van der Waals surface area (Å²) in [5, 5.41) is 14.7. The number of furan rings is 1. The lowest BCUT2D eigenvalue weighted by Crippen LogP contribution is -2.11. The van der Waals surface area contributed by atoms with Crippen LogP contribution < -0.4 is 5.84 Å². The van der Waals surface area contributed by atoms with Crippen LogP contribution in [0.15, 0.2) is 43.9 Å². The molecule has 0 amide bonds. The highest BCUT2D eigenvalue weighted by molar-refractivity contribution is 7.98. The Labute approximate surface area is 144 Å². The first kappa shape index (κ1) is 15.0. The van der Waals surface area contributed by atoms with E-state index in [1.165, 1.54) is 16.4 Å². The third kappa shape index (κ3) is 2.69. The number of aromatic nitrogens is 5. The predicted octanol–water partition coefficient (Wildman–Crippen LogP) is 2.96. The summed E-state index contributed by atoms with van der Waals surface area (Å²) in [6.07, 6.45) is 1.59. The van der Waals surface area contributed by atoms with Gasteiger partial charge < -0.3 is 14.8 Å². The molecule has 0 bridgehead atoms. The SMILES string of the molecule is Cc1occc1-c1nnc(SCc2noc(-c3cccs3)n2)n1N. The van der Waals surface area contributed by atoms with Gasteiger partial charge in [-0.3, -0.25) is 0 Å². The van der Waals surface area contributed by atoms with Crippen molar-refractivity contribution in [3.63, 3.8) is 0 Å². The molecule has 4 aromatic heterocycles. The first-order chi connectivity index (χ1) is 11.7. The number of thioether (sulfide) groups is 1. The van der Waals surface area contributed by atoms with Gasteiger partial charge in [0.2, 0.25) is 5.16 Å². The molecule has 0 radical (unpaired) electrons. The highest BCUT2D eigenvalue weighted by Crippen LogP contribution is 2.27. The average molecular weight is 360 g/mol. The molecule has 0 saturated heterocycles. The molecule has 0 unspecified atom stereocenters. The van der Waals surface area contributed by atoms with Gasteiger partial charge in [-0.15, -0.1) is 21.5 Å². The predicted molar refractivity (Wildman–Crippen MR) is 89.8 cm³/mol. The third-order valence-electron chi connectivity index (χ3n) is 3.29. The Kier molecular flexibility index (Phi) is 3.82. The van der Waals surface area contributed by atoms with E-state index in [9.17, 15) is 0 Å². The van der Waals surface area contributed by atoms with E-state index in [1.54, 1.807) is 17.6 Å². The first-order valence-corrected chi connectivity index (χ1v) is 8.83. The minimum atomic E-state index is 0.481. The Bertz CT molecular complexity index is 956. The van der Waals surface area contributed by atoms with E-state index >= 15 is 0 Å². The van der Waals surface area contributed by atoms with Crippen molar-refractivity contribution >= 4 is 23.1 Å². The summed E-state index contributed by atoms with van der Waals surface area (Å²) < 4.78 is 12.0. The Morgan fingerprint density at radius 3 is 3.00 bits per heavy atom. The number of nitrogens with zero attached hydrogens (tertiary/aromatic N) is 5. The largest absolute Gasteiger partial charge is 0.469 e. The molecule has 122 valence electrons. The molecule has 0 fully saturated rings. The molecule has 10 heteroatoms. The van der Waals surface area contributed by atoms with Crippen molar-refractivity contribution in [2.45, 2.75) is 17.8 Å². The van der Waals surface area contributed by atoms with Crippen LogP contribution >= 0.6 is 23.1 Å². The Morgan fingerprint density at radius 2 is 2.25 bits per heavy atom. The molecule has 4 rings (SSSR count). The van der Waals surface area contributed by atoms with Crippen molar-refractivity contribution in [2.75, 3.05) is 5.84 Å². The van der Waals surface area contributed by atoms with E-state index in [4.69, 9.17) is 14.8 Å². The molecule has 0 aliphatic carbocycles. The van der Waals surface area contributed by atoms with Crippen molar-refractivity contribution in [2.24, 2.45) is 0 Å². The van der Waals surface area contributed by atoms with Gasteiger partial charge in [-0.1, -0.05) is 23.0 Å². The van der Waals surface area contributed by atoms with Crippen LogP contribution in [-0.2, 0) is 5.75 Å². The standard InChI is InChI=1S/C14H12N6O2S2/c1-8-9(4-5-21-8)12-17-18-14(20(12)15)24-7-11-16-13(22-19-11)10-3-2-6-23-10/h2-6H,7,15H2,1H3. The van der Waals surface area contributed by atoms with Crippen LogP contribution in [0.1, 0.15) is 11.6 Å². The summed E-state index contributed by atoms with van der Waals surface area (Å²) >= 11 is 2.94. The zero-order chi connectivity index (χ0) is 16.5. The van der Waals surface area contributed by atoms with Gasteiger partial charge in [-0.25, -0.2) is 4.68 Å². The summed E-state index contributed by atoms with van der Waals surface area (Å²) in [6, 6.07) is 5.68. The minimum absolute atomic E-state index is 0.481. The van der Waals surface area contributed by atoms with Gasteiger partial charge in [0.1, 0.15) is 5.76 Å². The number of nitrogens with two attached hydrogens (primary N) is 1. The number of thiophene rings is 1. The summed E-state index contributed by atoms with van der Waals surface area (Å²) in [5.74, 6) is 8.94. The zero-order valence-electron chi connectivity index (χ0n) is 12.5. The van der Waals surface area contributed by atoms with E-state index in [0.29, 0.717) is 28.4 Å². The van der Waals surface area contributed by atoms with Gasteiger partial charge in [0.25, 0.3) is 5.89 Å². The summed E-state index contributed by atoms with van der Waals surface area (Å²) in [4.78, 5) is 5.31. The highest BCUT2D eigenvalue weighted by atomic mass is 32.2. The second kappa shape index (κ2) is 6.13. The maximum atomic E-state index is 6.08. The fourth-order valence-corrected chi connectivity index (χ4v) is 3.46. The van der Waals surface area contributed by atoms with Crippen LogP contribution in [0.25, 0.3) is 22.2 Å². The number of hydrogen-bond acceptors (Lipinski definition) is 9. The Hall–Kier alpha value is -2.59. The van der Waals surface area contributed by atoms with E-state index < -0.39 is 0 Å². The molecule has 0 aliphatic rings. The normalized spacial score (nSPS) is 11.2. The minimum Gasteiger partial charge on any atom is -0.469 e. The maximum absolute atomic E-state index is 6.08. The molecule has 4 heterocycles.